The molecule has 0 radical (unpaired) electrons. The number of ether oxygens (including phenoxy) is 2. The predicted octanol–water partition coefficient (Wildman–Crippen LogP) is 1.95. The van der Waals surface area contributed by atoms with Crippen LogP contribution in [0, 0.1) is 12.3 Å². The van der Waals surface area contributed by atoms with Gasteiger partial charge in [-0.15, -0.1) is 17.8 Å². The van der Waals surface area contributed by atoms with Gasteiger partial charge in [-0.2, -0.15) is 0 Å². The number of carbonyl (C=O) groups is 1. The number of carbonyl (C=O) groups excluding carboxylic acids is 1. The zero-order valence-electron chi connectivity index (χ0n) is 8.93. The van der Waals surface area contributed by atoms with E-state index in [0.717, 1.165) is 4.88 Å². The molecule has 3 nitrogen and oxygen atoms in total. The molecule has 0 atom stereocenters. The molecule has 16 heavy (non-hydrogen) atoms. The van der Waals surface area contributed by atoms with E-state index in [-0.39, 0.29) is 13.2 Å². The van der Waals surface area contributed by atoms with Gasteiger partial charge in [-0.3, -0.25) is 0 Å². The average Bonchev–Trinajstić information content (AvgIpc) is 2.80. The second-order valence-electron chi connectivity index (χ2n) is 2.87. The van der Waals surface area contributed by atoms with Crippen LogP contribution in [0.25, 0.3) is 6.08 Å². The van der Waals surface area contributed by atoms with E-state index in [2.05, 4.69) is 10.7 Å². The van der Waals surface area contributed by atoms with Crippen molar-refractivity contribution in [1.82, 2.24) is 0 Å². The Morgan fingerprint density at radius 1 is 1.69 bits per heavy atom. The lowest BCUT2D eigenvalue weighted by molar-refractivity contribution is -0.136. The minimum Gasteiger partial charge on any atom is -0.466 e. The van der Waals surface area contributed by atoms with Gasteiger partial charge in [-0.25, -0.2) is 4.79 Å². The maximum absolute atomic E-state index is 11.4. The van der Waals surface area contributed by atoms with Crippen LogP contribution in [0.15, 0.2) is 23.1 Å². The lowest BCUT2D eigenvalue weighted by atomic mass is 10.2. The van der Waals surface area contributed by atoms with E-state index in [4.69, 9.17) is 11.2 Å². The summed E-state index contributed by atoms with van der Waals surface area (Å²) in [5.41, 5.74) is 0.459. The molecule has 0 aliphatic heterocycles. The van der Waals surface area contributed by atoms with Crippen LogP contribution in [0.4, 0.5) is 0 Å². The fourth-order valence-electron chi connectivity index (χ4n) is 1.06. The van der Waals surface area contributed by atoms with Crippen LogP contribution in [0.1, 0.15) is 4.88 Å². The second kappa shape index (κ2) is 6.83. The van der Waals surface area contributed by atoms with Crippen LogP contribution < -0.4 is 0 Å². The summed E-state index contributed by atoms with van der Waals surface area (Å²) in [6.07, 6.45) is 6.79. The molecular formula is C12H12O3S. The standard InChI is InChI=1S/C12H12O3S/c1-3-6-15-9-10(12(13)14-2)8-11-5-4-7-16-11/h1,4-5,7-8H,6,9H2,2H3/b10-8+. The van der Waals surface area contributed by atoms with E-state index in [1.165, 1.54) is 18.4 Å². The van der Waals surface area contributed by atoms with Gasteiger partial charge in [0.15, 0.2) is 0 Å². The van der Waals surface area contributed by atoms with Crippen molar-refractivity contribution in [2.75, 3.05) is 20.3 Å². The number of hydrogen-bond donors (Lipinski definition) is 0. The molecule has 0 spiro atoms. The molecule has 0 unspecified atom stereocenters. The molecule has 0 N–H and O–H groups in total. The molecule has 0 aliphatic rings. The maximum atomic E-state index is 11.4. The van der Waals surface area contributed by atoms with Crippen molar-refractivity contribution in [2.45, 2.75) is 0 Å². The molecule has 0 saturated carbocycles. The average molecular weight is 236 g/mol. The summed E-state index contributed by atoms with van der Waals surface area (Å²) in [7, 11) is 1.34. The lowest BCUT2D eigenvalue weighted by Crippen LogP contribution is -2.10. The third-order valence-corrected chi connectivity index (χ3v) is 2.57. The Kier molecular flexibility index (Phi) is 5.34. The zero-order chi connectivity index (χ0) is 11.8. The van der Waals surface area contributed by atoms with E-state index in [9.17, 15) is 4.79 Å². The summed E-state index contributed by atoms with van der Waals surface area (Å²) in [4.78, 5) is 12.4. The van der Waals surface area contributed by atoms with Crippen molar-refractivity contribution < 1.29 is 14.3 Å². The van der Waals surface area contributed by atoms with Gasteiger partial charge in [0.05, 0.1) is 19.3 Å². The first-order valence-electron chi connectivity index (χ1n) is 4.61. The summed E-state index contributed by atoms with van der Waals surface area (Å²) in [5, 5.41) is 1.93. The molecule has 0 bridgehead atoms. The molecule has 1 heterocycles. The predicted molar refractivity (Wildman–Crippen MR) is 64.0 cm³/mol. The molecule has 84 valence electrons. The normalized spacial score (nSPS) is 10.9. The highest BCUT2D eigenvalue weighted by molar-refractivity contribution is 7.10. The van der Waals surface area contributed by atoms with E-state index < -0.39 is 5.97 Å². The first kappa shape index (κ1) is 12.5. The Labute approximate surface area is 98.7 Å². The van der Waals surface area contributed by atoms with Crippen molar-refractivity contribution in [3.63, 3.8) is 0 Å². The fourth-order valence-corrected chi connectivity index (χ4v) is 1.74. The molecule has 1 aromatic rings. The van der Waals surface area contributed by atoms with Gasteiger partial charge in [-0.1, -0.05) is 12.0 Å². The topological polar surface area (TPSA) is 35.5 Å². The number of thiophene rings is 1. The van der Waals surface area contributed by atoms with Crippen molar-refractivity contribution in [1.29, 1.82) is 0 Å². The minimum absolute atomic E-state index is 0.161. The quantitative estimate of drug-likeness (QED) is 0.339. The molecule has 0 saturated heterocycles. The number of esters is 1. The summed E-state index contributed by atoms with van der Waals surface area (Å²) in [6, 6.07) is 3.82. The highest BCUT2D eigenvalue weighted by atomic mass is 32.1. The van der Waals surface area contributed by atoms with Crippen molar-refractivity contribution in [3.8, 4) is 12.3 Å². The third-order valence-electron chi connectivity index (χ3n) is 1.75. The van der Waals surface area contributed by atoms with Crippen LogP contribution in [-0.2, 0) is 14.3 Å². The molecule has 0 aliphatic carbocycles. The van der Waals surface area contributed by atoms with Gasteiger partial charge in [0.2, 0.25) is 0 Å². The Morgan fingerprint density at radius 3 is 3.06 bits per heavy atom. The zero-order valence-corrected chi connectivity index (χ0v) is 9.75. The molecule has 1 aromatic heterocycles. The van der Waals surface area contributed by atoms with Gasteiger partial charge in [0, 0.05) is 4.88 Å². The fraction of sp³-hybridized carbons (Fsp3) is 0.250. The lowest BCUT2D eigenvalue weighted by Gasteiger charge is -2.04. The van der Waals surface area contributed by atoms with Gasteiger partial charge in [0.25, 0.3) is 0 Å². The SMILES string of the molecule is C#CCOC/C(=C\c1cccs1)C(=O)OC. The van der Waals surface area contributed by atoms with Crippen LogP contribution in [0.5, 0.6) is 0 Å². The van der Waals surface area contributed by atoms with Crippen LogP contribution in [0.2, 0.25) is 0 Å². The Morgan fingerprint density at radius 2 is 2.50 bits per heavy atom. The van der Waals surface area contributed by atoms with Crippen LogP contribution in [-0.4, -0.2) is 26.3 Å². The van der Waals surface area contributed by atoms with E-state index in [1.54, 1.807) is 6.08 Å². The monoisotopic (exact) mass is 236 g/mol. The summed E-state index contributed by atoms with van der Waals surface area (Å²) < 4.78 is 9.77. The van der Waals surface area contributed by atoms with E-state index in [0.29, 0.717) is 5.57 Å². The minimum atomic E-state index is -0.398. The van der Waals surface area contributed by atoms with Gasteiger partial charge < -0.3 is 9.47 Å². The molecule has 0 fully saturated rings. The summed E-state index contributed by atoms with van der Waals surface area (Å²) >= 11 is 1.54. The van der Waals surface area contributed by atoms with Crippen LogP contribution >= 0.6 is 11.3 Å². The first-order chi connectivity index (χ1) is 7.77. The summed E-state index contributed by atoms with van der Waals surface area (Å²) in [5.74, 6) is 1.94. The first-order valence-corrected chi connectivity index (χ1v) is 5.49. The van der Waals surface area contributed by atoms with Crippen molar-refractivity contribution in [2.24, 2.45) is 0 Å². The van der Waals surface area contributed by atoms with Gasteiger partial charge in [-0.05, 0) is 17.5 Å². The summed E-state index contributed by atoms with van der Waals surface area (Å²) in [6.45, 7) is 0.341. The van der Waals surface area contributed by atoms with Crippen LogP contribution in [0.3, 0.4) is 0 Å². The van der Waals surface area contributed by atoms with E-state index >= 15 is 0 Å². The molecule has 0 aromatic carbocycles. The smallest absolute Gasteiger partial charge is 0.336 e. The Hall–Kier alpha value is -1.57. The Balaban J connectivity index is 2.72. The van der Waals surface area contributed by atoms with Crippen molar-refractivity contribution >= 4 is 23.4 Å². The molecule has 0 amide bonds. The molecule has 4 heteroatoms. The van der Waals surface area contributed by atoms with Gasteiger partial charge >= 0.3 is 5.97 Å². The highest BCUT2D eigenvalue weighted by Crippen LogP contribution is 2.14. The number of methoxy groups -OCH3 is 1. The number of rotatable bonds is 5. The van der Waals surface area contributed by atoms with Crippen molar-refractivity contribution in [3.05, 3.63) is 28.0 Å². The van der Waals surface area contributed by atoms with Gasteiger partial charge in [0.1, 0.15) is 6.61 Å². The number of terminal acetylenes is 1. The second-order valence-corrected chi connectivity index (χ2v) is 3.85. The maximum Gasteiger partial charge on any atom is 0.336 e. The number of hydrogen-bond acceptors (Lipinski definition) is 4. The third kappa shape index (κ3) is 3.89. The Bertz CT molecular complexity index is 398. The highest BCUT2D eigenvalue weighted by Gasteiger charge is 2.09. The molecule has 1 rings (SSSR count). The largest absolute Gasteiger partial charge is 0.466 e. The van der Waals surface area contributed by atoms with E-state index in [1.807, 2.05) is 17.5 Å². The molecular weight excluding hydrogens is 224 g/mol.